The summed E-state index contributed by atoms with van der Waals surface area (Å²) >= 11 is 0. The fourth-order valence-electron chi connectivity index (χ4n) is 2.76. The zero-order chi connectivity index (χ0) is 19.1. The highest BCUT2D eigenvalue weighted by Crippen LogP contribution is 2.18. The molecule has 0 aliphatic heterocycles. The number of nitrogens with zero attached hydrogens (tertiary/aromatic N) is 1. The summed E-state index contributed by atoms with van der Waals surface area (Å²) in [6.45, 7) is 2.57. The van der Waals surface area contributed by atoms with E-state index in [-0.39, 0.29) is 5.91 Å². The summed E-state index contributed by atoms with van der Waals surface area (Å²) in [6, 6.07) is 19.5. The first kappa shape index (κ1) is 18.5. The largest absolute Gasteiger partial charge is 0.497 e. The number of carbonyl (C=O) groups excluding carboxylic acids is 1. The summed E-state index contributed by atoms with van der Waals surface area (Å²) in [4.78, 5) is 16.6. The monoisotopic (exact) mass is 361 g/mol. The van der Waals surface area contributed by atoms with Crippen molar-refractivity contribution in [3.8, 4) is 5.75 Å². The Hall–Kier alpha value is -3.34. The van der Waals surface area contributed by atoms with Crippen molar-refractivity contribution in [3.63, 3.8) is 0 Å². The van der Waals surface area contributed by atoms with Crippen LogP contribution in [0.4, 0.5) is 11.4 Å². The molecule has 0 unspecified atom stereocenters. The summed E-state index contributed by atoms with van der Waals surface area (Å²) in [5, 5.41) is 6.22. The Morgan fingerprint density at radius 1 is 1.04 bits per heavy atom. The Labute approximate surface area is 159 Å². The van der Waals surface area contributed by atoms with Crippen LogP contribution in [0.25, 0.3) is 0 Å². The van der Waals surface area contributed by atoms with Crippen LogP contribution in [0.5, 0.6) is 5.75 Å². The summed E-state index contributed by atoms with van der Waals surface area (Å²) in [6.07, 6.45) is 2.36. The van der Waals surface area contributed by atoms with Crippen molar-refractivity contribution in [1.82, 2.24) is 10.3 Å². The highest BCUT2D eigenvalue weighted by Gasteiger charge is 2.08. The first-order valence-electron chi connectivity index (χ1n) is 8.85. The molecule has 0 saturated heterocycles. The first-order chi connectivity index (χ1) is 13.1. The second-order valence-corrected chi connectivity index (χ2v) is 6.28. The first-order valence-corrected chi connectivity index (χ1v) is 8.85. The van der Waals surface area contributed by atoms with Crippen molar-refractivity contribution < 1.29 is 9.53 Å². The van der Waals surface area contributed by atoms with Gasteiger partial charge >= 0.3 is 0 Å². The topological polar surface area (TPSA) is 63.2 Å². The van der Waals surface area contributed by atoms with Gasteiger partial charge in [-0.05, 0) is 60.9 Å². The zero-order valence-corrected chi connectivity index (χ0v) is 15.5. The molecule has 1 heterocycles. The Kier molecular flexibility index (Phi) is 6.05. The lowest BCUT2D eigenvalue weighted by atomic mass is 10.1. The Bertz CT molecular complexity index is 925. The van der Waals surface area contributed by atoms with E-state index in [1.807, 2.05) is 61.5 Å². The average molecular weight is 361 g/mol. The third-order valence-corrected chi connectivity index (χ3v) is 4.13. The molecule has 5 heteroatoms. The van der Waals surface area contributed by atoms with Gasteiger partial charge in [0.15, 0.2) is 0 Å². The smallest absolute Gasteiger partial charge is 0.269 e. The molecule has 3 aromatic rings. The maximum absolute atomic E-state index is 12.4. The van der Waals surface area contributed by atoms with Crippen LogP contribution in [0, 0.1) is 6.92 Å². The van der Waals surface area contributed by atoms with E-state index in [1.54, 1.807) is 19.4 Å². The number of aryl methyl sites for hydroxylation is 1. The summed E-state index contributed by atoms with van der Waals surface area (Å²) in [5.74, 6) is 0.626. The molecular weight excluding hydrogens is 338 g/mol. The number of aromatic nitrogens is 1. The minimum atomic E-state index is -0.189. The molecule has 138 valence electrons. The molecule has 0 fully saturated rings. The Morgan fingerprint density at radius 2 is 1.85 bits per heavy atom. The minimum Gasteiger partial charge on any atom is -0.497 e. The number of carbonyl (C=O) groups is 1. The molecular formula is C22H23N3O2. The number of hydrogen-bond acceptors (Lipinski definition) is 4. The SMILES string of the molecule is COc1cccc(CCNC(=O)c2cc(Nc3cccc(C)c3)ccn2)c1. The Balaban J connectivity index is 1.58. The average Bonchev–Trinajstić information content (AvgIpc) is 2.68. The lowest BCUT2D eigenvalue weighted by molar-refractivity contribution is 0.0949. The zero-order valence-electron chi connectivity index (χ0n) is 15.5. The van der Waals surface area contributed by atoms with Gasteiger partial charge in [-0.15, -0.1) is 0 Å². The minimum absolute atomic E-state index is 0.189. The quantitative estimate of drug-likeness (QED) is 0.665. The fraction of sp³-hybridized carbons (Fsp3) is 0.182. The number of pyridine rings is 1. The predicted molar refractivity (Wildman–Crippen MR) is 108 cm³/mol. The van der Waals surface area contributed by atoms with E-state index in [4.69, 9.17) is 4.74 Å². The molecule has 2 N–H and O–H groups in total. The van der Waals surface area contributed by atoms with Crippen LogP contribution in [0.1, 0.15) is 21.6 Å². The van der Waals surface area contributed by atoms with Crippen molar-refractivity contribution in [2.45, 2.75) is 13.3 Å². The van der Waals surface area contributed by atoms with E-state index in [2.05, 4.69) is 15.6 Å². The third-order valence-electron chi connectivity index (χ3n) is 4.13. The van der Waals surface area contributed by atoms with E-state index in [0.29, 0.717) is 12.2 Å². The van der Waals surface area contributed by atoms with Crippen LogP contribution >= 0.6 is 0 Å². The van der Waals surface area contributed by atoms with E-state index >= 15 is 0 Å². The van der Waals surface area contributed by atoms with E-state index < -0.39 is 0 Å². The van der Waals surface area contributed by atoms with Gasteiger partial charge in [-0.25, -0.2) is 0 Å². The van der Waals surface area contributed by atoms with Gasteiger partial charge in [0.25, 0.3) is 5.91 Å². The molecule has 0 bridgehead atoms. The number of ether oxygens (including phenoxy) is 1. The van der Waals surface area contributed by atoms with Crippen molar-refractivity contribution in [3.05, 3.63) is 83.7 Å². The molecule has 5 nitrogen and oxygen atoms in total. The van der Waals surface area contributed by atoms with Crippen LogP contribution in [-0.2, 0) is 6.42 Å². The van der Waals surface area contributed by atoms with Crippen molar-refractivity contribution in [2.75, 3.05) is 19.0 Å². The van der Waals surface area contributed by atoms with Crippen molar-refractivity contribution in [1.29, 1.82) is 0 Å². The molecule has 2 aromatic carbocycles. The van der Waals surface area contributed by atoms with Crippen LogP contribution < -0.4 is 15.4 Å². The van der Waals surface area contributed by atoms with Gasteiger partial charge in [-0.2, -0.15) is 0 Å². The van der Waals surface area contributed by atoms with Crippen LogP contribution in [0.3, 0.4) is 0 Å². The normalized spacial score (nSPS) is 10.3. The van der Waals surface area contributed by atoms with Gasteiger partial charge in [0.1, 0.15) is 11.4 Å². The molecule has 0 atom stereocenters. The van der Waals surface area contributed by atoms with E-state index in [0.717, 1.165) is 29.1 Å². The van der Waals surface area contributed by atoms with Gasteiger partial charge in [0.2, 0.25) is 0 Å². The molecule has 1 aromatic heterocycles. The Morgan fingerprint density at radius 3 is 2.67 bits per heavy atom. The number of hydrogen-bond donors (Lipinski definition) is 2. The van der Waals surface area contributed by atoms with Crippen molar-refractivity contribution >= 4 is 17.3 Å². The molecule has 0 aliphatic carbocycles. The second kappa shape index (κ2) is 8.85. The van der Waals surface area contributed by atoms with Crippen LogP contribution in [0.2, 0.25) is 0 Å². The summed E-state index contributed by atoms with van der Waals surface area (Å²) in [7, 11) is 1.64. The summed E-state index contributed by atoms with van der Waals surface area (Å²) < 4.78 is 5.22. The van der Waals surface area contributed by atoms with Gasteiger partial charge in [-0.1, -0.05) is 24.3 Å². The number of benzene rings is 2. The number of amides is 1. The van der Waals surface area contributed by atoms with Gasteiger partial charge in [0.05, 0.1) is 7.11 Å². The van der Waals surface area contributed by atoms with E-state index in [1.165, 1.54) is 5.56 Å². The number of nitrogens with one attached hydrogen (secondary N) is 2. The van der Waals surface area contributed by atoms with Crippen LogP contribution in [-0.4, -0.2) is 24.5 Å². The molecule has 1 amide bonds. The fourth-order valence-corrected chi connectivity index (χ4v) is 2.76. The molecule has 0 saturated carbocycles. The summed E-state index contributed by atoms with van der Waals surface area (Å²) in [5.41, 5.74) is 4.47. The number of rotatable bonds is 7. The predicted octanol–water partition coefficient (Wildman–Crippen LogP) is 4.11. The molecule has 3 rings (SSSR count). The maximum atomic E-state index is 12.4. The lowest BCUT2D eigenvalue weighted by Crippen LogP contribution is -2.26. The standard InChI is InChI=1S/C22H23N3O2/c1-16-5-3-7-18(13-16)25-19-10-12-23-21(15-19)22(26)24-11-9-17-6-4-8-20(14-17)27-2/h3-8,10,12-15H,9,11H2,1-2H3,(H,23,25)(H,24,26). The maximum Gasteiger partial charge on any atom is 0.269 e. The van der Waals surface area contributed by atoms with E-state index in [9.17, 15) is 4.79 Å². The van der Waals surface area contributed by atoms with Gasteiger partial charge < -0.3 is 15.4 Å². The molecule has 0 radical (unpaired) electrons. The molecule has 0 spiro atoms. The second-order valence-electron chi connectivity index (χ2n) is 6.28. The molecule has 0 aliphatic rings. The number of anilines is 2. The van der Waals surface area contributed by atoms with Gasteiger partial charge in [-0.3, -0.25) is 9.78 Å². The molecule has 27 heavy (non-hydrogen) atoms. The highest BCUT2D eigenvalue weighted by atomic mass is 16.5. The van der Waals surface area contributed by atoms with Crippen LogP contribution in [0.15, 0.2) is 66.9 Å². The highest BCUT2D eigenvalue weighted by molar-refractivity contribution is 5.93. The lowest BCUT2D eigenvalue weighted by Gasteiger charge is -2.09. The van der Waals surface area contributed by atoms with Gasteiger partial charge in [0, 0.05) is 24.1 Å². The van der Waals surface area contributed by atoms with Crippen molar-refractivity contribution in [2.24, 2.45) is 0 Å². The third kappa shape index (κ3) is 5.31. The number of methoxy groups -OCH3 is 1.